The molecule has 0 N–H and O–H groups in total. The maximum Gasteiger partial charge on any atom is 0.133 e. The fraction of sp³-hybridized carbons (Fsp3) is 0.583. The number of carbonyl (C=O) groups excluding carboxylic acids is 1. The summed E-state index contributed by atoms with van der Waals surface area (Å²) in [5, 5.41) is 0. The number of ketones is 1. The minimum atomic E-state index is 0.392. The second kappa shape index (κ2) is 4.60. The van der Waals surface area contributed by atoms with Crippen LogP contribution in [0.2, 0.25) is 0 Å². The lowest BCUT2D eigenvalue weighted by Gasteiger charge is -2.31. The van der Waals surface area contributed by atoms with Crippen LogP contribution < -0.4 is 4.90 Å². The monoisotopic (exact) mass is 219 g/mol. The predicted octanol–water partition coefficient (Wildman–Crippen LogP) is 1.73. The molecule has 1 aliphatic carbocycles. The van der Waals surface area contributed by atoms with E-state index in [-0.39, 0.29) is 0 Å². The van der Waals surface area contributed by atoms with Crippen LogP contribution >= 0.6 is 0 Å². The molecule has 0 atom stereocenters. The third-order valence-electron chi connectivity index (χ3n) is 3.21. The summed E-state index contributed by atoms with van der Waals surface area (Å²) in [7, 11) is 2.04. The highest BCUT2D eigenvalue weighted by Crippen LogP contribution is 2.23. The van der Waals surface area contributed by atoms with Crippen LogP contribution in [-0.2, 0) is 4.79 Å². The molecule has 0 aliphatic heterocycles. The van der Waals surface area contributed by atoms with Crippen molar-refractivity contribution in [3.63, 3.8) is 0 Å². The molecule has 2 rings (SSSR count). The van der Waals surface area contributed by atoms with Crippen LogP contribution in [0.3, 0.4) is 0 Å². The molecule has 0 saturated heterocycles. The Hall–Kier alpha value is -1.45. The van der Waals surface area contributed by atoms with E-state index in [1.807, 2.05) is 20.0 Å². The van der Waals surface area contributed by atoms with Crippen molar-refractivity contribution in [3.8, 4) is 0 Å². The first kappa shape index (κ1) is 11.0. The van der Waals surface area contributed by atoms with E-state index >= 15 is 0 Å². The number of nitrogens with zero attached hydrogens (tertiary/aromatic N) is 3. The number of rotatable bonds is 2. The Balaban J connectivity index is 2.07. The molecule has 0 bridgehead atoms. The van der Waals surface area contributed by atoms with Gasteiger partial charge in [0.25, 0.3) is 0 Å². The van der Waals surface area contributed by atoms with E-state index in [1.165, 1.54) is 0 Å². The van der Waals surface area contributed by atoms with Gasteiger partial charge in [-0.3, -0.25) is 4.79 Å². The molecular weight excluding hydrogens is 202 g/mol. The van der Waals surface area contributed by atoms with Gasteiger partial charge in [-0.05, 0) is 19.8 Å². The van der Waals surface area contributed by atoms with Crippen molar-refractivity contribution in [2.75, 3.05) is 11.9 Å². The Morgan fingerprint density at radius 3 is 2.62 bits per heavy atom. The molecule has 1 aliphatic rings. The van der Waals surface area contributed by atoms with Crippen LogP contribution in [0.5, 0.6) is 0 Å². The third-order valence-corrected chi connectivity index (χ3v) is 3.21. The topological polar surface area (TPSA) is 46.1 Å². The highest BCUT2D eigenvalue weighted by Gasteiger charge is 2.22. The van der Waals surface area contributed by atoms with Crippen molar-refractivity contribution in [2.24, 2.45) is 0 Å². The second-order valence-corrected chi connectivity index (χ2v) is 4.40. The van der Waals surface area contributed by atoms with Gasteiger partial charge in [0, 0.05) is 37.7 Å². The number of carbonyl (C=O) groups is 1. The van der Waals surface area contributed by atoms with Gasteiger partial charge in [-0.15, -0.1) is 0 Å². The fourth-order valence-electron chi connectivity index (χ4n) is 2.13. The van der Waals surface area contributed by atoms with Crippen LogP contribution in [0.25, 0.3) is 0 Å². The van der Waals surface area contributed by atoms with Gasteiger partial charge in [0.1, 0.15) is 17.9 Å². The molecule has 4 heteroatoms. The maximum absolute atomic E-state index is 11.2. The Bertz CT molecular complexity index is 382. The van der Waals surface area contributed by atoms with Crippen LogP contribution in [-0.4, -0.2) is 28.8 Å². The molecule has 0 aromatic carbocycles. The van der Waals surface area contributed by atoms with Gasteiger partial charge in [-0.2, -0.15) is 0 Å². The molecule has 1 heterocycles. The number of hydrogen-bond donors (Lipinski definition) is 0. The number of Topliss-reactive ketones (excluding diaryl/α,β-unsaturated/α-hetero) is 1. The average molecular weight is 219 g/mol. The summed E-state index contributed by atoms with van der Waals surface area (Å²) in [4.78, 5) is 21.7. The van der Waals surface area contributed by atoms with Gasteiger partial charge in [-0.25, -0.2) is 9.97 Å². The zero-order valence-electron chi connectivity index (χ0n) is 9.81. The first-order valence-corrected chi connectivity index (χ1v) is 5.70. The third kappa shape index (κ3) is 2.38. The van der Waals surface area contributed by atoms with Crippen LogP contribution in [0.1, 0.15) is 31.4 Å². The number of aromatic nitrogens is 2. The Morgan fingerprint density at radius 1 is 1.31 bits per heavy atom. The standard InChI is InChI=1S/C12H17N3O/c1-9-7-12(14-8-13-9)15(2)10-3-5-11(16)6-4-10/h7-8,10H,3-6H2,1-2H3. The van der Waals surface area contributed by atoms with Crippen molar-refractivity contribution in [1.82, 2.24) is 9.97 Å². The predicted molar refractivity (Wildman–Crippen MR) is 62.4 cm³/mol. The van der Waals surface area contributed by atoms with E-state index in [0.29, 0.717) is 24.7 Å². The zero-order valence-corrected chi connectivity index (χ0v) is 9.81. The second-order valence-electron chi connectivity index (χ2n) is 4.40. The van der Waals surface area contributed by atoms with Crippen LogP contribution in [0.15, 0.2) is 12.4 Å². The summed E-state index contributed by atoms with van der Waals surface area (Å²) in [6.45, 7) is 1.96. The lowest BCUT2D eigenvalue weighted by atomic mass is 9.93. The first-order valence-electron chi connectivity index (χ1n) is 5.70. The highest BCUT2D eigenvalue weighted by molar-refractivity contribution is 5.79. The molecule has 0 radical (unpaired) electrons. The first-order chi connectivity index (χ1) is 7.66. The summed E-state index contributed by atoms with van der Waals surface area (Å²) in [6.07, 6.45) is 4.89. The summed E-state index contributed by atoms with van der Waals surface area (Å²) in [5.41, 5.74) is 0.976. The molecule has 0 spiro atoms. The van der Waals surface area contributed by atoms with E-state index in [1.54, 1.807) is 6.33 Å². The van der Waals surface area contributed by atoms with Crippen LogP contribution in [0.4, 0.5) is 5.82 Å². The summed E-state index contributed by atoms with van der Waals surface area (Å²) >= 11 is 0. The van der Waals surface area contributed by atoms with Gasteiger partial charge in [0.05, 0.1) is 0 Å². The van der Waals surface area contributed by atoms with Gasteiger partial charge in [0.2, 0.25) is 0 Å². The lowest BCUT2D eigenvalue weighted by molar-refractivity contribution is -0.120. The molecular formula is C12H17N3O. The van der Waals surface area contributed by atoms with Crippen LogP contribution in [0, 0.1) is 6.92 Å². The van der Waals surface area contributed by atoms with E-state index < -0.39 is 0 Å². The fourth-order valence-corrected chi connectivity index (χ4v) is 2.13. The molecule has 1 fully saturated rings. The minimum absolute atomic E-state index is 0.392. The van der Waals surface area contributed by atoms with Crippen molar-refractivity contribution >= 4 is 11.6 Å². The highest BCUT2D eigenvalue weighted by atomic mass is 16.1. The van der Waals surface area contributed by atoms with E-state index in [4.69, 9.17) is 0 Å². The largest absolute Gasteiger partial charge is 0.357 e. The SMILES string of the molecule is Cc1cc(N(C)C2CCC(=O)CC2)ncn1. The number of aryl methyl sites for hydroxylation is 1. The number of hydrogen-bond acceptors (Lipinski definition) is 4. The molecule has 0 unspecified atom stereocenters. The Morgan fingerprint density at radius 2 is 2.00 bits per heavy atom. The van der Waals surface area contributed by atoms with Crippen molar-refractivity contribution in [2.45, 2.75) is 38.6 Å². The molecule has 0 amide bonds. The average Bonchev–Trinajstić information content (AvgIpc) is 2.29. The normalized spacial score (nSPS) is 17.5. The lowest BCUT2D eigenvalue weighted by Crippen LogP contribution is -2.35. The Kier molecular flexibility index (Phi) is 3.17. The van der Waals surface area contributed by atoms with E-state index in [2.05, 4.69) is 14.9 Å². The minimum Gasteiger partial charge on any atom is -0.357 e. The van der Waals surface area contributed by atoms with E-state index in [9.17, 15) is 4.79 Å². The molecule has 1 saturated carbocycles. The molecule has 1 aromatic heterocycles. The molecule has 86 valence electrons. The van der Waals surface area contributed by atoms with Crippen molar-refractivity contribution < 1.29 is 4.79 Å². The smallest absolute Gasteiger partial charge is 0.133 e. The summed E-state index contributed by atoms with van der Waals surface area (Å²) in [6, 6.07) is 2.42. The van der Waals surface area contributed by atoms with Gasteiger partial charge < -0.3 is 4.90 Å². The van der Waals surface area contributed by atoms with Gasteiger partial charge >= 0.3 is 0 Å². The van der Waals surface area contributed by atoms with E-state index in [0.717, 1.165) is 24.4 Å². The summed E-state index contributed by atoms with van der Waals surface area (Å²) < 4.78 is 0. The summed E-state index contributed by atoms with van der Waals surface area (Å²) in [5.74, 6) is 1.34. The molecule has 4 nitrogen and oxygen atoms in total. The van der Waals surface area contributed by atoms with Gasteiger partial charge in [0.15, 0.2) is 0 Å². The molecule has 1 aromatic rings. The molecule has 16 heavy (non-hydrogen) atoms. The number of anilines is 1. The Labute approximate surface area is 95.7 Å². The van der Waals surface area contributed by atoms with Crippen molar-refractivity contribution in [3.05, 3.63) is 18.1 Å². The zero-order chi connectivity index (χ0) is 11.5. The van der Waals surface area contributed by atoms with Crippen molar-refractivity contribution in [1.29, 1.82) is 0 Å². The quantitative estimate of drug-likeness (QED) is 0.760. The maximum atomic E-state index is 11.2. The van der Waals surface area contributed by atoms with Gasteiger partial charge in [-0.1, -0.05) is 0 Å².